The van der Waals surface area contributed by atoms with Gasteiger partial charge >= 0.3 is 0 Å². The first kappa shape index (κ1) is 20.6. The highest BCUT2D eigenvalue weighted by Crippen LogP contribution is 2.32. The molecule has 1 fully saturated rings. The van der Waals surface area contributed by atoms with Gasteiger partial charge in [-0.3, -0.25) is 25.5 Å². The fraction of sp³-hybridized carbons (Fsp3) is 0.250. The maximum atomic E-state index is 12.4. The van der Waals surface area contributed by atoms with Crippen molar-refractivity contribution in [2.24, 2.45) is 0 Å². The second kappa shape index (κ2) is 9.74. The molecule has 0 saturated carbocycles. The largest absolute Gasteiger partial charge is 0.290 e. The maximum Gasteiger partial charge on any atom is 0.256 e. The van der Waals surface area contributed by atoms with Crippen LogP contribution in [0.1, 0.15) is 10.9 Å². The van der Waals surface area contributed by atoms with Crippen molar-refractivity contribution < 1.29 is 4.79 Å². The Hall–Kier alpha value is -1.47. The highest BCUT2D eigenvalue weighted by Gasteiger charge is 2.31. The summed E-state index contributed by atoms with van der Waals surface area (Å²) in [6, 6.07) is 13.5. The summed E-state index contributed by atoms with van der Waals surface area (Å²) in [4.78, 5) is 16.5. The fourth-order valence-electron chi connectivity index (χ4n) is 2.31. The minimum atomic E-state index is -0.207. The van der Waals surface area contributed by atoms with Crippen molar-refractivity contribution in [1.82, 2.24) is 15.7 Å². The van der Waals surface area contributed by atoms with Crippen LogP contribution in [0.15, 0.2) is 54.9 Å². The van der Waals surface area contributed by atoms with Crippen LogP contribution in [0.3, 0.4) is 0 Å². The summed E-state index contributed by atoms with van der Waals surface area (Å²) in [5.41, 5.74) is 4.96. The summed E-state index contributed by atoms with van der Waals surface area (Å²) in [5.74, 6) is 0.721. The minimum absolute atomic E-state index is 0. The lowest BCUT2D eigenvalue weighted by molar-refractivity contribution is -0.122. The third-order valence-electron chi connectivity index (χ3n) is 3.51. The van der Waals surface area contributed by atoms with E-state index >= 15 is 0 Å². The van der Waals surface area contributed by atoms with Crippen molar-refractivity contribution >= 4 is 48.2 Å². The molecule has 130 valence electrons. The van der Waals surface area contributed by atoms with Crippen LogP contribution in [-0.2, 0) is 4.79 Å². The molecule has 5 nitrogen and oxygen atoms in total. The van der Waals surface area contributed by atoms with E-state index in [0.717, 1.165) is 17.0 Å². The van der Waals surface area contributed by atoms with Gasteiger partial charge in [-0.1, -0.05) is 24.3 Å². The number of hydrogen-bond acceptors (Lipinski definition) is 5. The van der Waals surface area contributed by atoms with E-state index in [1.54, 1.807) is 23.0 Å². The average molecular weight is 387 g/mol. The van der Waals surface area contributed by atoms with Gasteiger partial charge in [0.15, 0.2) is 0 Å². The fourth-order valence-corrected chi connectivity index (χ4v) is 3.53. The van der Waals surface area contributed by atoms with Crippen LogP contribution < -0.4 is 15.8 Å². The van der Waals surface area contributed by atoms with Gasteiger partial charge in [0.1, 0.15) is 0 Å². The summed E-state index contributed by atoms with van der Waals surface area (Å²) in [6.07, 6.45) is 3.59. The van der Waals surface area contributed by atoms with Crippen LogP contribution in [-0.4, -0.2) is 29.7 Å². The van der Waals surface area contributed by atoms with Crippen molar-refractivity contribution in [3.05, 3.63) is 60.4 Å². The number of aromatic nitrogens is 1. The lowest BCUT2D eigenvalue weighted by Gasteiger charge is -2.22. The SMILES string of the molecule is CN(NC(=O)C1CSC(c2cccnc2)N1)c1ccccc1.Cl.Cl. The van der Waals surface area contributed by atoms with Crippen LogP contribution in [0, 0.1) is 0 Å². The summed E-state index contributed by atoms with van der Waals surface area (Å²) < 4.78 is 0. The molecule has 1 aliphatic heterocycles. The van der Waals surface area contributed by atoms with Gasteiger partial charge in [0, 0.05) is 25.2 Å². The van der Waals surface area contributed by atoms with Crippen LogP contribution >= 0.6 is 36.6 Å². The molecule has 0 spiro atoms. The Bertz CT molecular complexity index is 632. The number of carbonyl (C=O) groups is 1. The van der Waals surface area contributed by atoms with Gasteiger partial charge in [-0.25, -0.2) is 0 Å². The first-order valence-corrected chi connectivity index (χ1v) is 8.16. The molecule has 0 aliphatic carbocycles. The number of nitrogens with zero attached hydrogens (tertiary/aromatic N) is 2. The molecule has 0 bridgehead atoms. The zero-order valence-electron chi connectivity index (χ0n) is 13.1. The molecule has 1 aromatic carbocycles. The zero-order valence-corrected chi connectivity index (χ0v) is 15.5. The molecule has 3 rings (SSSR count). The molecule has 24 heavy (non-hydrogen) atoms. The third kappa shape index (κ3) is 5.01. The van der Waals surface area contributed by atoms with E-state index in [0.29, 0.717) is 0 Å². The van der Waals surface area contributed by atoms with Gasteiger partial charge in [-0.2, -0.15) is 0 Å². The first-order valence-electron chi connectivity index (χ1n) is 7.11. The molecule has 2 N–H and O–H groups in total. The van der Waals surface area contributed by atoms with E-state index < -0.39 is 0 Å². The Morgan fingerprint density at radius 1 is 1.25 bits per heavy atom. The number of rotatable bonds is 4. The minimum Gasteiger partial charge on any atom is -0.290 e. The molecule has 2 unspecified atom stereocenters. The smallest absolute Gasteiger partial charge is 0.256 e. The second-order valence-electron chi connectivity index (χ2n) is 5.09. The van der Waals surface area contributed by atoms with Crippen molar-refractivity contribution in [2.75, 3.05) is 17.8 Å². The number of hydrazine groups is 1. The molecular weight excluding hydrogens is 367 g/mol. The summed E-state index contributed by atoms with van der Waals surface area (Å²) in [6.45, 7) is 0. The first-order chi connectivity index (χ1) is 10.7. The van der Waals surface area contributed by atoms with E-state index in [9.17, 15) is 4.79 Å². The van der Waals surface area contributed by atoms with Gasteiger partial charge < -0.3 is 0 Å². The van der Waals surface area contributed by atoms with Crippen LogP contribution in [0.2, 0.25) is 0 Å². The van der Waals surface area contributed by atoms with E-state index in [4.69, 9.17) is 0 Å². The highest BCUT2D eigenvalue weighted by molar-refractivity contribution is 7.99. The Labute approximate surface area is 158 Å². The molecular formula is C16H20Cl2N4OS. The topological polar surface area (TPSA) is 57.3 Å². The lowest BCUT2D eigenvalue weighted by Crippen LogP contribution is -2.49. The second-order valence-corrected chi connectivity index (χ2v) is 6.23. The molecule has 2 aromatic rings. The molecule has 1 aromatic heterocycles. The van der Waals surface area contributed by atoms with Gasteiger partial charge in [0.05, 0.1) is 17.1 Å². The van der Waals surface area contributed by atoms with E-state index in [1.165, 1.54) is 0 Å². The predicted octanol–water partition coefficient (Wildman–Crippen LogP) is 2.80. The number of halogens is 2. The van der Waals surface area contributed by atoms with E-state index in [1.807, 2.05) is 55.7 Å². The van der Waals surface area contributed by atoms with Gasteiger partial charge in [-0.05, 0) is 23.8 Å². The van der Waals surface area contributed by atoms with Crippen molar-refractivity contribution in [2.45, 2.75) is 11.4 Å². The van der Waals surface area contributed by atoms with Crippen LogP contribution in [0.5, 0.6) is 0 Å². The van der Waals surface area contributed by atoms with Gasteiger partial charge in [-0.15, -0.1) is 36.6 Å². The summed E-state index contributed by atoms with van der Waals surface area (Å²) in [7, 11) is 1.84. The number of carbonyl (C=O) groups excluding carboxylic acids is 1. The van der Waals surface area contributed by atoms with Gasteiger partial charge in [0.25, 0.3) is 5.91 Å². The van der Waals surface area contributed by atoms with Crippen LogP contribution in [0.25, 0.3) is 0 Å². The molecule has 1 aliphatic rings. The molecule has 2 heterocycles. The normalized spacial score (nSPS) is 18.9. The van der Waals surface area contributed by atoms with E-state index in [-0.39, 0.29) is 42.1 Å². The predicted molar refractivity (Wildman–Crippen MR) is 104 cm³/mol. The van der Waals surface area contributed by atoms with Crippen LogP contribution in [0.4, 0.5) is 5.69 Å². The number of para-hydroxylation sites is 1. The monoisotopic (exact) mass is 386 g/mol. The quantitative estimate of drug-likeness (QED) is 0.791. The third-order valence-corrected chi connectivity index (χ3v) is 4.77. The number of pyridine rings is 1. The molecule has 1 amide bonds. The summed E-state index contributed by atoms with van der Waals surface area (Å²) >= 11 is 1.72. The number of amides is 1. The highest BCUT2D eigenvalue weighted by atomic mass is 35.5. The Morgan fingerprint density at radius 2 is 2.00 bits per heavy atom. The zero-order chi connectivity index (χ0) is 15.4. The molecule has 2 atom stereocenters. The van der Waals surface area contributed by atoms with E-state index in [2.05, 4.69) is 15.7 Å². The standard InChI is InChI=1S/C16H18N4OS.2ClH/c1-20(13-7-3-2-4-8-13)19-15(21)14-11-22-16(18-14)12-6-5-9-17-10-12;;/h2-10,14,16,18H,11H2,1H3,(H,19,21);2*1H. The number of benzene rings is 1. The number of nitrogens with one attached hydrogen (secondary N) is 2. The van der Waals surface area contributed by atoms with Crippen molar-refractivity contribution in [3.8, 4) is 0 Å². The van der Waals surface area contributed by atoms with Crippen molar-refractivity contribution in [1.29, 1.82) is 0 Å². The lowest BCUT2D eigenvalue weighted by atomic mass is 10.2. The Kier molecular flexibility index (Phi) is 8.35. The summed E-state index contributed by atoms with van der Waals surface area (Å²) in [5, 5.41) is 5.21. The average Bonchev–Trinajstić information content (AvgIpc) is 3.06. The van der Waals surface area contributed by atoms with Gasteiger partial charge in [0.2, 0.25) is 0 Å². The number of thioether (sulfide) groups is 1. The number of anilines is 1. The molecule has 0 radical (unpaired) electrons. The molecule has 8 heteroatoms. The number of hydrogen-bond donors (Lipinski definition) is 2. The maximum absolute atomic E-state index is 12.4. The Morgan fingerprint density at radius 3 is 2.67 bits per heavy atom. The molecule has 1 saturated heterocycles. The van der Waals surface area contributed by atoms with Crippen molar-refractivity contribution in [3.63, 3.8) is 0 Å². The Balaban J connectivity index is 0.00000144.